The lowest BCUT2D eigenvalue weighted by Gasteiger charge is -2.33. The molecule has 1 N–H and O–H groups in total. The summed E-state index contributed by atoms with van der Waals surface area (Å²) < 4.78 is 0. The second-order valence-corrected chi connectivity index (χ2v) is 6.06. The third-order valence-electron chi connectivity index (χ3n) is 3.93. The van der Waals surface area contributed by atoms with E-state index in [1.165, 1.54) is 0 Å². The summed E-state index contributed by atoms with van der Waals surface area (Å²) in [5.74, 6) is 0.0965. The fourth-order valence-corrected chi connectivity index (χ4v) is 2.67. The quantitative estimate of drug-likeness (QED) is 0.917. The van der Waals surface area contributed by atoms with Crippen LogP contribution in [0.15, 0.2) is 24.3 Å². The Labute approximate surface area is 136 Å². The van der Waals surface area contributed by atoms with Crippen molar-refractivity contribution in [2.75, 3.05) is 32.7 Å². The predicted octanol–water partition coefficient (Wildman–Crippen LogP) is 1.68. The molecule has 0 saturated carbocycles. The van der Waals surface area contributed by atoms with Crippen LogP contribution in [0.2, 0.25) is 5.02 Å². The van der Waals surface area contributed by atoms with Gasteiger partial charge in [0.1, 0.15) is 0 Å². The average Bonchev–Trinajstić information content (AvgIpc) is 2.48. The highest BCUT2D eigenvalue weighted by atomic mass is 35.5. The van der Waals surface area contributed by atoms with Gasteiger partial charge in [0.25, 0.3) is 0 Å². The van der Waals surface area contributed by atoms with Crippen LogP contribution < -0.4 is 5.32 Å². The number of amides is 2. The van der Waals surface area contributed by atoms with E-state index < -0.39 is 0 Å². The van der Waals surface area contributed by atoms with Crippen LogP contribution in [0.25, 0.3) is 0 Å². The molecule has 5 nitrogen and oxygen atoms in total. The zero-order valence-electron chi connectivity index (χ0n) is 13.0. The molecule has 1 aromatic rings. The Hall–Kier alpha value is -1.59. The van der Waals surface area contributed by atoms with E-state index in [1.54, 1.807) is 6.92 Å². The molecule has 1 aromatic carbocycles. The Morgan fingerprint density at radius 1 is 1.18 bits per heavy atom. The number of piperazine rings is 1. The number of carbonyl (C=O) groups is 2. The van der Waals surface area contributed by atoms with Crippen molar-refractivity contribution in [2.45, 2.75) is 19.9 Å². The minimum atomic E-state index is -0.0525. The number of nitrogens with zero attached hydrogens (tertiary/aromatic N) is 2. The molecule has 1 fully saturated rings. The number of nitrogens with one attached hydrogen (secondary N) is 1. The molecule has 6 heteroatoms. The van der Waals surface area contributed by atoms with E-state index in [0.29, 0.717) is 24.7 Å². The Morgan fingerprint density at radius 2 is 1.77 bits per heavy atom. The van der Waals surface area contributed by atoms with Gasteiger partial charge in [0.2, 0.25) is 11.8 Å². The van der Waals surface area contributed by atoms with Gasteiger partial charge in [-0.15, -0.1) is 0 Å². The average molecular weight is 324 g/mol. The van der Waals surface area contributed by atoms with Crippen LogP contribution in [0.5, 0.6) is 0 Å². The van der Waals surface area contributed by atoms with Gasteiger partial charge < -0.3 is 10.2 Å². The van der Waals surface area contributed by atoms with Crippen LogP contribution in [-0.4, -0.2) is 54.3 Å². The number of halogens is 1. The zero-order chi connectivity index (χ0) is 16.1. The minimum Gasteiger partial charge on any atom is -0.348 e. The van der Waals surface area contributed by atoms with E-state index in [2.05, 4.69) is 10.2 Å². The molecule has 1 heterocycles. The maximum absolute atomic E-state index is 12.1. The highest BCUT2D eigenvalue weighted by Gasteiger charge is 2.20. The van der Waals surface area contributed by atoms with E-state index in [4.69, 9.17) is 11.6 Å². The van der Waals surface area contributed by atoms with E-state index in [9.17, 15) is 9.59 Å². The second-order valence-electron chi connectivity index (χ2n) is 5.62. The summed E-state index contributed by atoms with van der Waals surface area (Å²) in [6, 6.07) is 7.42. The summed E-state index contributed by atoms with van der Waals surface area (Å²) in [6.45, 7) is 6.75. The van der Waals surface area contributed by atoms with Crippen LogP contribution in [-0.2, 0) is 9.59 Å². The van der Waals surface area contributed by atoms with Crippen molar-refractivity contribution in [3.05, 3.63) is 34.9 Å². The first kappa shape index (κ1) is 16.8. The van der Waals surface area contributed by atoms with Crippen LogP contribution in [0.3, 0.4) is 0 Å². The molecule has 2 rings (SSSR count). The van der Waals surface area contributed by atoms with Gasteiger partial charge >= 0.3 is 0 Å². The molecule has 1 saturated heterocycles. The van der Waals surface area contributed by atoms with Crippen LogP contribution in [0.4, 0.5) is 0 Å². The maximum atomic E-state index is 12.1. The molecular weight excluding hydrogens is 302 g/mol. The normalized spacial score (nSPS) is 17.1. The summed E-state index contributed by atoms with van der Waals surface area (Å²) >= 11 is 5.86. The Bertz CT molecular complexity index is 525. The minimum absolute atomic E-state index is 0.00118. The lowest BCUT2D eigenvalue weighted by molar-refractivity contribution is -0.131. The fraction of sp³-hybridized carbons (Fsp3) is 0.500. The van der Waals surface area contributed by atoms with Crippen LogP contribution in [0, 0.1) is 0 Å². The number of hydrogen-bond donors (Lipinski definition) is 1. The molecule has 1 atom stereocenters. The number of carbonyl (C=O) groups excluding carboxylic acids is 2. The van der Waals surface area contributed by atoms with Crippen molar-refractivity contribution in [2.24, 2.45) is 0 Å². The fourth-order valence-electron chi connectivity index (χ4n) is 2.55. The van der Waals surface area contributed by atoms with E-state index in [0.717, 1.165) is 18.7 Å². The second kappa shape index (κ2) is 7.61. The lowest BCUT2D eigenvalue weighted by Crippen LogP contribution is -2.50. The van der Waals surface area contributed by atoms with Gasteiger partial charge in [0, 0.05) is 38.1 Å². The van der Waals surface area contributed by atoms with Gasteiger partial charge in [0.05, 0.1) is 12.6 Å². The molecule has 1 unspecified atom stereocenters. The van der Waals surface area contributed by atoms with Crippen molar-refractivity contribution in [3.63, 3.8) is 0 Å². The first-order valence-corrected chi connectivity index (χ1v) is 7.86. The van der Waals surface area contributed by atoms with Crippen molar-refractivity contribution in [1.82, 2.24) is 15.1 Å². The maximum Gasteiger partial charge on any atom is 0.234 e. The number of rotatable bonds is 4. The van der Waals surface area contributed by atoms with Crippen LogP contribution >= 0.6 is 11.6 Å². The third-order valence-corrected chi connectivity index (χ3v) is 4.18. The molecule has 0 bridgehead atoms. The molecule has 22 heavy (non-hydrogen) atoms. The van der Waals surface area contributed by atoms with E-state index >= 15 is 0 Å². The van der Waals surface area contributed by atoms with Crippen molar-refractivity contribution < 1.29 is 9.59 Å². The molecule has 1 aliphatic heterocycles. The molecule has 2 amide bonds. The van der Waals surface area contributed by atoms with Gasteiger partial charge in [-0.2, -0.15) is 0 Å². The predicted molar refractivity (Wildman–Crippen MR) is 86.7 cm³/mol. The van der Waals surface area contributed by atoms with Gasteiger partial charge in [-0.3, -0.25) is 14.5 Å². The lowest BCUT2D eigenvalue weighted by atomic mass is 10.1. The zero-order valence-corrected chi connectivity index (χ0v) is 13.8. The Balaban J connectivity index is 1.78. The van der Waals surface area contributed by atoms with Crippen molar-refractivity contribution in [3.8, 4) is 0 Å². The Kier molecular flexibility index (Phi) is 5.80. The Morgan fingerprint density at radius 3 is 2.32 bits per heavy atom. The topological polar surface area (TPSA) is 52.7 Å². The van der Waals surface area contributed by atoms with Gasteiger partial charge in [-0.1, -0.05) is 23.7 Å². The van der Waals surface area contributed by atoms with Crippen molar-refractivity contribution in [1.29, 1.82) is 0 Å². The summed E-state index contributed by atoms with van der Waals surface area (Å²) in [5, 5.41) is 3.68. The SMILES string of the molecule is CC(=O)N1CCN(CC(=O)NC(C)c2ccc(Cl)cc2)CC1. The van der Waals surface area contributed by atoms with Crippen molar-refractivity contribution >= 4 is 23.4 Å². The molecule has 0 aromatic heterocycles. The highest BCUT2D eigenvalue weighted by molar-refractivity contribution is 6.30. The molecular formula is C16H22ClN3O2. The monoisotopic (exact) mass is 323 g/mol. The van der Waals surface area contributed by atoms with Gasteiger partial charge in [-0.05, 0) is 24.6 Å². The van der Waals surface area contributed by atoms with E-state index in [-0.39, 0.29) is 17.9 Å². The number of benzene rings is 1. The summed E-state index contributed by atoms with van der Waals surface area (Å²) in [4.78, 5) is 27.3. The summed E-state index contributed by atoms with van der Waals surface area (Å²) in [6.07, 6.45) is 0. The first-order chi connectivity index (χ1) is 10.5. The molecule has 0 radical (unpaired) electrons. The first-order valence-electron chi connectivity index (χ1n) is 7.48. The van der Waals surface area contributed by atoms with E-state index in [1.807, 2.05) is 36.1 Å². The molecule has 0 aliphatic carbocycles. The third kappa shape index (κ3) is 4.71. The van der Waals surface area contributed by atoms with Gasteiger partial charge in [-0.25, -0.2) is 0 Å². The highest BCUT2D eigenvalue weighted by Crippen LogP contribution is 2.16. The van der Waals surface area contributed by atoms with Crippen LogP contribution in [0.1, 0.15) is 25.5 Å². The summed E-state index contributed by atoms with van der Waals surface area (Å²) in [5.41, 5.74) is 1.03. The molecule has 120 valence electrons. The van der Waals surface area contributed by atoms with Gasteiger partial charge in [0.15, 0.2) is 0 Å². The number of hydrogen-bond acceptors (Lipinski definition) is 3. The molecule has 0 spiro atoms. The summed E-state index contributed by atoms with van der Waals surface area (Å²) in [7, 11) is 0. The molecule has 1 aliphatic rings. The smallest absolute Gasteiger partial charge is 0.234 e. The largest absolute Gasteiger partial charge is 0.348 e. The standard InChI is InChI=1S/C16H22ClN3O2/c1-12(14-3-5-15(17)6-4-14)18-16(22)11-19-7-9-20(10-8-19)13(2)21/h3-6,12H,7-11H2,1-2H3,(H,18,22).